The predicted octanol–water partition coefficient (Wildman–Crippen LogP) is 2.15. The second kappa shape index (κ2) is 6.43. The van der Waals surface area contributed by atoms with Crippen molar-refractivity contribution >= 4 is 23.3 Å². The van der Waals surface area contributed by atoms with E-state index in [-0.39, 0.29) is 18.4 Å². The van der Waals surface area contributed by atoms with Gasteiger partial charge in [-0.2, -0.15) is 0 Å². The van der Waals surface area contributed by atoms with Crippen LogP contribution in [0.1, 0.15) is 6.42 Å². The monoisotopic (exact) mass is 314 g/mol. The van der Waals surface area contributed by atoms with Crippen LogP contribution < -0.4 is 15.5 Å². The molecule has 7 heteroatoms. The summed E-state index contributed by atoms with van der Waals surface area (Å²) in [6, 6.07) is 8.52. The lowest BCUT2D eigenvalue weighted by molar-refractivity contribution is -0.117. The number of halogens is 1. The number of rotatable bonds is 3. The minimum atomic E-state index is -0.406. The molecule has 2 N–H and O–H groups in total. The maximum Gasteiger partial charge on any atom is 0.319 e. The summed E-state index contributed by atoms with van der Waals surface area (Å²) >= 11 is 0. The molecular weight excluding hydrogens is 299 g/mol. The van der Waals surface area contributed by atoms with Crippen LogP contribution in [0.4, 0.5) is 20.6 Å². The van der Waals surface area contributed by atoms with Crippen LogP contribution >= 0.6 is 0 Å². The average Bonchev–Trinajstić information content (AvgIpc) is 2.88. The van der Waals surface area contributed by atoms with Crippen molar-refractivity contribution in [1.82, 2.24) is 10.3 Å². The van der Waals surface area contributed by atoms with Crippen LogP contribution in [0.15, 0.2) is 48.8 Å². The first-order chi connectivity index (χ1) is 11.1. The van der Waals surface area contributed by atoms with E-state index in [2.05, 4.69) is 15.6 Å². The summed E-state index contributed by atoms with van der Waals surface area (Å²) in [5.41, 5.74) is 1.06. The number of aromatic nitrogens is 1. The third-order valence-corrected chi connectivity index (χ3v) is 3.50. The zero-order chi connectivity index (χ0) is 16.2. The first-order valence-electron chi connectivity index (χ1n) is 7.15. The fourth-order valence-electron chi connectivity index (χ4n) is 2.49. The van der Waals surface area contributed by atoms with Crippen LogP contribution in [0.3, 0.4) is 0 Å². The molecule has 1 atom stereocenters. The number of hydrogen-bond acceptors (Lipinski definition) is 3. The van der Waals surface area contributed by atoms with Crippen LogP contribution in [0.2, 0.25) is 0 Å². The molecule has 0 spiro atoms. The summed E-state index contributed by atoms with van der Waals surface area (Å²) in [6.07, 6.45) is 3.31. The molecule has 2 heterocycles. The van der Waals surface area contributed by atoms with Crippen molar-refractivity contribution in [2.45, 2.75) is 12.5 Å². The molecule has 118 valence electrons. The highest BCUT2D eigenvalue weighted by Gasteiger charge is 2.31. The van der Waals surface area contributed by atoms with Gasteiger partial charge in [0.15, 0.2) is 0 Å². The van der Waals surface area contributed by atoms with Crippen LogP contribution in [-0.2, 0) is 4.79 Å². The van der Waals surface area contributed by atoms with Gasteiger partial charge >= 0.3 is 6.03 Å². The Labute approximate surface area is 132 Å². The highest BCUT2D eigenvalue weighted by molar-refractivity contribution is 5.97. The first-order valence-corrected chi connectivity index (χ1v) is 7.15. The van der Waals surface area contributed by atoms with Crippen LogP contribution in [0.25, 0.3) is 0 Å². The predicted molar refractivity (Wildman–Crippen MR) is 83.5 cm³/mol. The maximum absolute atomic E-state index is 13.3. The third-order valence-electron chi connectivity index (χ3n) is 3.50. The molecule has 1 fully saturated rings. The van der Waals surface area contributed by atoms with Gasteiger partial charge in [-0.25, -0.2) is 9.18 Å². The molecule has 2 aromatic rings. The molecule has 3 amide bonds. The Morgan fingerprint density at radius 2 is 2.17 bits per heavy atom. The molecule has 1 aromatic heterocycles. The second-order valence-corrected chi connectivity index (χ2v) is 5.23. The summed E-state index contributed by atoms with van der Waals surface area (Å²) in [5.74, 6) is -0.552. The van der Waals surface area contributed by atoms with E-state index in [4.69, 9.17) is 0 Å². The Balaban J connectivity index is 1.60. The van der Waals surface area contributed by atoms with E-state index in [1.807, 2.05) is 0 Å². The molecular formula is C16H15FN4O2. The van der Waals surface area contributed by atoms with Gasteiger partial charge in [-0.3, -0.25) is 9.78 Å². The van der Waals surface area contributed by atoms with Crippen LogP contribution in [0.5, 0.6) is 0 Å². The highest BCUT2D eigenvalue weighted by atomic mass is 19.1. The maximum atomic E-state index is 13.3. The van der Waals surface area contributed by atoms with E-state index in [1.54, 1.807) is 30.5 Å². The van der Waals surface area contributed by atoms with Crippen molar-refractivity contribution in [2.24, 2.45) is 0 Å². The first kappa shape index (κ1) is 15.0. The normalized spacial score (nSPS) is 17.2. The van der Waals surface area contributed by atoms with Crippen LogP contribution in [0, 0.1) is 5.82 Å². The number of urea groups is 1. The molecule has 23 heavy (non-hydrogen) atoms. The quantitative estimate of drug-likeness (QED) is 0.911. The summed E-state index contributed by atoms with van der Waals surface area (Å²) in [7, 11) is 0. The van der Waals surface area contributed by atoms with Crippen molar-refractivity contribution in [3.05, 3.63) is 54.6 Å². The molecule has 0 saturated carbocycles. The topological polar surface area (TPSA) is 74.3 Å². The SMILES string of the molecule is O=C(Nc1cccnc1)NC1CC(=O)N(c2cccc(F)c2)C1. The molecule has 1 saturated heterocycles. The average molecular weight is 314 g/mol. The zero-order valence-corrected chi connectivity index (χ0v) is 12.2. The fraction of sp³-hybridized carbons (Fsp3) is 0.188. The van der Waals surface area contributed by atoms with E-state index in [0.29, 0.717) is 17.9 Å². The molecule has 1 aliphatic rings. The number of carbonyl (C=O) groups is 2. The van der Waals surface area contributed by atoms with Crippen molar-refractivity contribution in [3.8, 4) is 0 Å². The van der Waals surface area contributed by atoms with E-state index >= 15 is 0 Å². The number of nitrogens with zero attached hydrogens (tertiary/aromatic N) is 2. The number of anilines is 2. The van der Waals surface area contributed by atoms with Crippen molar-refractivity contribution in [3.63, 3.8) is 0 Å². The molecule has 0 radical (unpaired) electrons. The van der Waals surface area contributed by atoms with E-state index in [9.17, 15) is 14.0 Å². The van der Waals surface area contributed by atoms with Crippen molar-refractivity contribution in [2.75, 3.05) is 16.8 Å². The number of pyridine rings is 1. The van der Waals surface area contributed by atoms with Gasteiger partial charge in [0.05, 0.1) is 17.9 Å². The summed E-state index contributed by atoms with van der Waals surface area (Å²) in [5, 5.41) is 5.38. The van der Waals surface area contributed by atoms with Crippen molar-refractivity contribution in [1.29, 1.82) is 0 Å². The number of hydrogen-bond donors (Lipinski definition) is 2. The number of nitrogens with one attached hydrogen (secondary N) is 2. The Kier molecular flexibility index (Phi) is 4.18. The Hall–Kier alpha value is -2.96. The van der Waals surface area contributed by atoms with E-state index in [1.165, 1.54) is 23.2 Å². The second-order valence-electron chi connectivity index (χ2n) is 5.23. The Morgan fingerprint density at radius 3 is 2.91 bits per heavy atom. The standard InChI is InChI=1S/C16H15FN4O2/c17-11-3-1-5-14(7-11)21-10-13(8-15(21)22)20-16(23)19-12-4-2-6-18-9-12/h1-7,9,13H,8,10H2,(H2,19,20,23). The van der Waals surface area contributed by atoms with Gasteiger partial charge in [-0.05, 0) is 30.3 Å². The summed E-state index contributed by atoms with van der Waals surface area (Å²) in [6.45, 7) is 0.308. The highest BCUT2D eigenvalue weighted by Crippen LogP contribution is 2.22. The van der Waals surface area contributed by atoms with Gasteiger partial charge in [-0.1, -0.05) is 6.07 Å². The van der Waals surface area contributed by atoms with Crippen LogP contribution in [-0.4, -0.2) is 29.5 Å². The van der Waals surface area contributed by atoms with Gasteiger partial charge in [0.1, 0.15) is 5.82 Å². The molecule has 1 aliphatic heterocycles. The van der Waals surface area contributed by atoms with E-state index < -0.39 is 11.8 Å². The number of amides is 3. The molecule has 0 bridgehead atoms. The Morgan fingerprint density at radius 1 is 1.30 bits per heavy atom. The Bertz CT molecular complexity index is 723. The molecule has 3 rings (SSSR count). The van der Waals surface area contributed by atoms with Gasteiger partial charge in [0, 0.05) is 24.8 Å². The molecule has 1 unspecified atom stereocenters. The summed E-state index contributed by atoms with van der Waals surface area (Å²) < 4.78 is 13.3. The minimum Gasteiger partial charge on any atom is -0.333 e. The fourth-order valence-corrected chi connectivity index (χ4v) is 2.49. The lowest BCUT2D eigenvalue weighted by Crippen LogP contribution is -2.39. The molecule has 0 aliphatic carbocycles. The number of carbonyl (C=O) groups excluding carboxylic acids is 2. The van der Waals surface area contributed by atoms with Gasteiger partial charge in [0.2, 0.25) is 5.91 Å². The van der Waals surface area contributed by atoms with E-state index in [0.717, 1.165) is 0 Å². The van der Waals surface area contributed by atoms with Gasteiger partial charge < -0.3 is 15.5 Å². The molecule has 6 nitrogen and oxygen atoms in total. The minimum absolute atomic E-state index is 0.151. The number of benzene rings is 1. The zero-order valence-electron chi connectivity index (χ0n) is 12.2. The van der Waals surface area contributed by atoms with Gasteiger partial charge in [-0.15, -0.1) is 0 Å². The van der Waals surface area contributed by atoms with Gasteiger partial charge in [0.25, 0.3) is 0 Å². The third kappa shape index (κ3) is 3.63. The summed E-state index contributed by atoms with van der Waals surface area (Å²) in [4.78, 5) is 29.4. The molecule has 1 aromatic carbocycles. The lowest BCUT2D eigenvalue weighted by Gasteiger charge is -2.17. The smallest absolute Gasteiger partial charge is 0.319 e. The largest absolute Gasteiger partial charge is 0.333 e. The van der Waals surface area contributed by atoms with Crippen molar-refractivity contribution < 1.29 is 14.0 Å². The lowest BCUT2D eigenvalue weighted by atomic mass is 10.2.